The van der Waals surface area contributed by atoms with Gasteiger partial charge in [0.1, 0.15) is 11.5 Å². The van der Waals surface area contributed by atoms with Crippen molar-refractivity contribution in [1.29, 1.82) is 0 Å². The molecule has 2 heteroatoms. The second kappa shape index (κ2) is 7.56. The lowest BCUT2D eigenvalue weighted by atomic mass is 9.75. The van der Waals surface area contributed by atoms with Gasteiger partial charge in [0.2, 0.25) is 0 Å². The average molecular weight is 469 g/mol. The lowest BCUT2D eigenvalue weighted by Gasteiger charge is -2.34. The summed E-state index contributed by atoms with van der Waals surface area (Å²) in [5, 5.41) is 2.67. The molecule has 35 heavy (non-hydrogen) atoms. The van der Waals surface area contributed by atoms with Crippen molar-refractivity contribution in [2.45, 2.75) is 19.3 Å². The number of ether oxygens (including phenoxy) is 1. The highest BCUT2D eigenvalue weighted by molar-refractivity contribution is 7.25. The molecule has 0 aliphatic carbocycles. The van der Waals surface area contributed by atoms with Crippen molar-refractivity contribution >= 4 is 31.5 Å². The summed E-state index contributed by atoms with van der Waals surface area (Å²) in [6.45, 7) is 4.55. The number of rotatable bonds is 2. The van der Waals surface area contributed by atoms with Crippen LogP contribution < -0.4 is 4.74 Å². The summed E-state index contributed by atoms with van der Waals surface area (Å²) in [6, 6.07) is 39.3. The van der Waals surface area contributed by atoms with Crippen molar-refractivity contribution in [1.82, 2.24) is 0 Å². The molecule has 168 valence electrons. The van der Waals surface area contributed by atoms with E-state index >= 15 is 0 Å². The van der Waals surface area contributed by atoms with Gasteiger partial charge in [0.15, 0.2) is 0 Å². The normalized spacial score (nSPS) is 13.9. The van der Waals surface area contributed by atoms with Crippen molar-refractivity contribution in [2.75, 3.05) is 0 Å². The number of benzene rings is 5. The Morgan fingerprint density at radius 3 is 2.23 bits per heavy atom. The van der Waals surface area contributed by atoms with Gasteiger partial charge < -0.3 is 4.74 Å². The molecular weight excluding hydrogens is 444 g/mol. The molecule has 1 aliphatic rings. The molecule has 0 saturated heterocycles. The predicted molar refractivity (Wildman–Crippen MR) is 149 cm³/mol. The smallest absolute Gasteiger partial charge is 0.132 e. The van der Waals surface area contributed by atoms with Gasteiger partial charge in [0.25, 0.3) is 0 Å². The summed E-state index contributed by atoms with van der Waals surface area (Å²) in [4.78, 5) is 0. The van der Waals surface area contributed by atoms with E-state index in [1.54, 1.807) is 0 Å². The fourth-order valence-corrected chi connectivity index (χ4v) is 6.65. The number of thiophene rings is 1. The van der Waals surface area contributed by atoms with Gasteiger partial charge >= 0.3 is 0 Å². The number of para-hydroxylation sites is 1. The van der Waals surface area contributed by atoms with Gasteiger partial charge in [-0.05, 0) is 52.6 Å². The molecule has 0 fully saturated rings. The quantitative estimate of drug-likeness (QED) is 0.246. The second-order valence-electron chi connectivity index (χ2n) is 9.79. The van der Waals surface area contributed by atoms with Crippen LogP contribution in [0.25, 0.3) is 42.4 Å². The van der Waals surface area contributed by atoms with Crippen molar-refractivity contribution in [3.05, 3.63) is 120 Å². The lowest BCUT2D eigenvalue weighted by molar-refractivity contribution is 0.418. The topological polar surface area (TPSA) is 9.23 Å². The Hall–Kier alpha value is -3.88. The third-order valence-corrected chi connectivity index (χ3v) is 8.48. The molecule has 0 spiro atoms. The summed E-state index contributed by atoms with van der Waals surface area (Å²) < 4.78 is 9.05. The Morgan fingerprint density at radius 2 is 1.29 bits per heavy atom. The Morgan fingerprint density at radius 1 is 0.571 bits per heavy atom. The first kappa shape index (κ1) is 20.5. The molecule has 7 rings (SSSR count). The second-order valence-corrected chi connectivity index (χ2v) is 10.9. The maximum Gasteiger partial charge on any atom is 0.132 e. The Labute approximate surface area is 209 Å². The Bertz CT molecular complexity index is 1750. The van der Waals surface area contributed by atoms with E-state index in [1.165, 1.54) is 53.6 Å². The molecule has 0 amide bonds. The minimum absolute atomic E-state index is 0.0970. The maximum atomic E-state index is 6.39. The van der Waals surface area contributed by atoms with Crippen LogP contribution in [0.1, 0.15) is 25.0 Å². The summed E-state index contributed by atoms with van der Waals surface area (Å²) in [7, 11) is 0. The van der Waals surface area contributed by atoms with E-state index in [4.69, 9.17) is 4.74 Å². The zero-order chi connectivity index (χ0) is 23.6. The molecule has 0 N–H and O–H groups in total. The van der Waals surface area contributed by atoms with Crippen LogP contribution in [0.5, 0.6) is 11.5 Å². The number of hydrogen-bond donors (Lipinski definition) is 0. The third-order valence-electron chi connectivity index (χ3n) is 7.34. The van der Waals surface area contributed by atoms with Gasteiger partial charge in [-0.2, -0.15) is 0 Å². The summed E-state index contributed by atoms with van der Waals surface area (Å²) in [5.41, 5.74) is 7.25. The lowest BCUT2D eigenvalue weighted by Crippen LogP contribution is -2.24. The van der Waals surface area contributed by atoms with E-state index < -0.39 is 0 Å². The van der Waals surface area contributed by atoms with E-state index in [1.807, 2.05) is 17.4 Å². The third kappa shape index (κ3) is 3.14. The Balaban J connectivity index is 1.35. The molecule has 6 aromatic rings. The molecule has 2 heterocycles. The zero-order valence-electron chi connectivity index (χ0n) is 19.7. The van der Waals surface area contributed by atoms with E-state index in [-0.39, 0.29) is 5.41 Å². The van der Waals surface area contributed by atoms with Crippen LogP contribution in [0, 0.1) is 0 Å². The highest BCUT2D eigenvalue weighted by atomic mass is 32.1. The molecular formula is C33H24OS. The van der Waals surface area contributed by atoms with Gasteiger partial charge in [-0.3, -0.25) is 0 Å². The first-order valence-corrected chi connectivity index (χ1v) is 12.8. The van der Waals surface area contributed by atoms with E-state index in [9.17, 15) is 0 Å². The summed E-state index contributed by atoms with van der Waals surface area (Å²) in [5.74, 6) is 1.90. The minimum Gasteiger partial charge on any atom is -0.457 e. The molecule has 1 aromatic heterocycles. The van der Waals surface area contributed by atoms with Crippen LogP contribution in [0.4, 0.5) is 0 Å². The summed E-state index contributed by atoms with van der Waals surface area (Å²) >= 11 is 1.86. The van der Waals surface area contributed by atoms with Gasteiger partial charge in [-0.25, -0.2) is 0 Å². The molecule has 1 aliphatic heterocycles. The van der Waals surface area contributed by atoms with E-state index in [0.717, 1.165) is 11.5 Å². The van der Waals surface area contributed by atoms with E-state index in [0.29, 0.717) is 0 Å². The predicted octanol–water partition coefficient (Wildman–Crippen LogP) is 9.82. The molecule has 0 bridgehead atoms. The van der Waals surface area contributed by atoms with Crippen molar-refractivity contribution < 1.29 is 4.74 Å². The van der Waals surface area contributed by atoms with Crippen molar-refractivity contribution in [3.8, 4) is 33.8 Å². The molecule has 5 aromatic carbocycles. The maximum absolute atomic E-state index is 6.39. The molecule has 0 radical (unpaired) electrons. The molecule has 1 nitrogen and oxygen atoms in total. The average Bonchev–Trinajstić information content (AvgIpc) is 3.27. The van der Waals surface area contributed by atoms with Gasteiger partial charge in [0.05, 0.1) is 0 Å². The summed E-state index contributed by atoms with van der Waals surface area (Å²) in [6.07, 6.45) is 0. The monoisotopic (exact) mass is 468 g/mol. The minimum atomic E-state index is -0.0970. The van der Waals surface area contributed by atoms with Crippen LogP contribution >= 0.6 is 11.3 Å². The van der Waals surface area contributed by atoms with Crippen LogP contribution in [-0.4, -0.2) is 0 Å². The van der Waals surface area contributed by atoms with Gasteiger partial charge in [-0.1, -0.05) is 92.7 Å². The fraction of sp³-hybridized carbons (Fsp3) is 0.0909. The van der Waals surface area contributed by atoms with Crippen molar-refractivity contribution in [2.24, 2.45) is 0 Å². The first-order valence-electron chi connectivity index (χ1n) is 12.0. The van der Waals surface area contributed by atoms with Crippen LogP contribution in [0.3, 0.4) is 0 Å². The van der Waals surface area contributed by atoms with Gasteiger partial charge in [-0.15, -0.1) is 11.3 Å². The largest absolute Gasteiger partial charge is 0.457 e. The van der Waals surface area contributed by atoms with Gasteiger partial charge in [0, 0.05) is 36.7 Å². The van der Waals surface area contributed by atoms with E-state index in [2.05, 4.69) is 117 Å². The first-order chi connectivity index (χ1) is 17.1. The highest BCUT2D eigenvalue weighted by Crippen LogP contribution is 2.49. The molecule has 0 atom stereocenters. The highest BCUT2D eigenvalue weighted by Gasteiger charge is 2.34. The van der Waals surface area contributed by atoms with Crippen LogP contribution in [0.15, 0.2) is 109 Å². The fourth-order valence-electron chi connectivity index (χ4n) is 5.52. The number of hydrogen-bond acceptors (Lipinski definition) is 2. The van der Waals surface area contributed by atoms with Crippen LogP contribution in [-0.2, 0) is 5.41 Å². The molecule has 0 saturated carbocycles. The molecule has 0 unspecified atom stereocenters. The zero-order valence-corrected chi connectivity index (χ0v) is 20.5. The van der Waals surface area contributed by atoms with Crippen LogP contribution in [0.2, 0.25) is 0 Å². The standard InChI is InChI=1S/C33H24OS/c1-33(2)26-13-4-5-14-28(26)34-29-20-22(17-18-27(29)33)21-9-7-10-23(19-21)24-12-8-16-31-32(24)25-11-3-6-15-30(25)35-31/h3-20H,1-2H3. The Kier molecular flexibility index (Phi) is 4.43. The van der Waals surface area contributed by atoms with Crippen molar-refractivity contribution in [3.63, 3.8) is 0 Å². The SMILES string of the molecule is CC1(C)c2ccccc2Oc2cc(-c3cccc(-c4cccc5sc6ccccc6c45)c3)ccc21. The number of fused-ring (bicyclic) bond motifs is 5.